The van der Waals surface area contributed by atoms with Crippen LogP contribution in [0, 0.1) is 160 Å². The van der Waals surface area contributed by atoms with E-state index in [1.807, 2.05) is 0 Å². The number of carboxylic acids is 13. The van der Waals surface area contributed by atoms with Gasteiger partial charge in [-0.2, -0.15) is 0 Å². The molecule has 1 unspecified atom stereocenters. The van der Waals surface area contributed by atoms with Crippen molar-refractivity contribution >= 4 is 101 Å². The third-order valence-electron chi connectivity index (χ3n) is 23.2. The third kappa shape index (κ3) is 67.3. The molecule has 0 spiro atoms. The Balaban J connectivity index is 0.0000469. The van der Waals surface area contributed by atoms with E-state index in [0.717, 1.165) is 0 Å². The van der Waals surface area contributed by atoms with Gasteiger partial charge in [-0.25, -0.2) is 0 Å². The molecular weight excluding hydrogens is 2400 g/mol. The summed E-state index contributed by atoms with van der Waals surface area (Å²) in [6, 6.07) is -1.17. The van der Waals surface area contributed by atoms with Crippen LogP contribution in [0.1, 0.15) is 44.9 Å². The Kier molecular flexibility index (Phi) is 75.5. The van der Waals surface area contributed by atoms with E-state index in [4.69, 9.17) is 0 Å². The minimum absolute atomic E-state index is 0. The Hall–Kier alpha value is -4.43. The summed E-state index contributed by atoms with van der Waals surface area (Å²) in [6.07, 6.45) is 1.77. The molecule has 0 bridgehead atoms. The van der Waals surface area contributed by atoms with Gasteiger partial charge in [0.05, 0.1) is 99.0 Å². The Morgan fingerprint density at radius 2 is 0.355 bits per heavy atom. The number of unbranched alkanes of at least 4 members (excludes halogenated alkanes) is 1. The molecular formula is C82H136Gd4N22O30+2. The zero-order chi connectivity index (χ0) is 98.9. The molecule has 4 amide bonds. The van der Waals surface area contributed by atoms with Crippen LogP contribution in [-0.4, -0.2) is 584 Å². The molecule has 784 valence electrons. The first-order chi connectivity index (χ1) is 63.7. The van der Waals surface area contributed by atoms with Gasteiger partial charge >= 0.3 is 178 Å². The smallest absolute Gasteiger partial charge is 0.549 e. The van der Waals surface area contributed by atoms with Crippen LogP contribution in [0.15, 0.2) is 0 Å². The summed E-state index contributed by atoms with van der Waals surface area (Å²) in [6.45, 7) is -2.35. The summed E-state index contributed by atoms with van der Waals surface area (Å²) in [4.78, 5) is 240. The topological polar surface area (TPSA) is 688 Å². The van der Waals surface area contributed by atoms with Gasteiger partial charge in [-0.15, -0.1) is 0 Å². The van der Waals surface area contributed by atoms with Crippen molar-refractivity contribution in [1.82, 2.24) is 109 Å². The predicted octanol–water partition coefficient (Wildman–Crippen LogP) is -23.2. The molecule has 4 aliphatic heterocycles. The fourth-order valence-corrected chi connectivity index (χ4v) is 16.1. The molecule has 0 saturated carbocycles. The average Bonchev–Trinajstić information content (AvgIpc) is 0.948. The summed E-state index contributed by atoms with van der Waals surface area (Å²) in [7, 11) is 0. The van der Waals surface area contributed by atoms with Crippen LogP contribution < -0.4 is 72.3 Å². The zero-order valence-electron chi connectivity index (χ0n) is 78.2. The van der Waals surface area contributed by atoms with Gasteiger partial charge in [0, 0.05) is 314 Å². The number of hydrogen-bond acceptors (Lipinski definition) is 45. The van der Waals surface area contributed by atoms with Crippen molar-refractivity contribution in [3.05, 3.63) is 0 Å². The predicted molar refractivity (Wildman–Crippen MR) is 452 cm³/mol. The fourth-order valence-electron chi connectivity index (χ4n) is 16.1. The molecule has 4 rings (SSSR count). The molecule has 0 aromatic heterocycles. The number of nitrogens with zero attached hydrogens (tertiary/aromatic N) is 18. The van der Waals surface area contributed by atoms with Gasteiger partial charge in [0.15, 0.2) is 0 Å². The van der Waals surface area contributed by atoms with Gasteiger partial charge < -0.3 is 140 Å². The second-order valence-corrected chi connectivity index (χ2v) is 34.0. The zero-order valence-corrected chi connectivity index (χ0v) is 87.2. The number of rotatable bonds is 55. The van der Waals surface area contributed by atoms with Crippen molar-refractivity contribution in [2.24, 2.45) is 0 Å². The molecule has 4 heterocycles. The maximum absolute atomic E-state index is 13.9. The maximum Gasteiger partial charge on any atom is 3.00 e. The number of aliphatic carboxylic acids is 13. The number of carboxylic acid groups (broad SMARTS) is 13. The SMILES string of the molecule is O=C([O-])CN1CCN(CC(=O)[O-])CCN(CC(=O)NCCCN(CCCCC(C(=O)O)N(CCCNC(=O)CN2CCN(CC(=O)[O-])CCN(CC(=O)[O-])CCN(CC(=O)[O-])CC2)CCCNC(=O)CN2CCN(CC(=O)[O-])CCN(CC(=O)[O-])CCN(CC(=O)[O-])CC2)CCCNC(=O)CN2CCN(CC(=O)[O-])CCN(CC(=O)O)CCN(CC(=O)O)CC2)CCN(CC(=O)[O-])CC1.[Gd+3].[Gd+3].[Gd+3].[Gd+3]. The van der Waals surface area contributed by atoms with Crippen molar-refractivity contribution in [3.8, 4) is 0 Å². The monoisotopic (exact) mass is 2540 g/mol. The van der Waals surface area contributed by atoms with Crippen molar-refractivity contribution in [1.29, 1.82) is 0 Å². The second-order valence-electron chi connectivity index (χ2n) is 34.0. The normalized spacial score (nSPS) is 18.3. The van der Waals surface area contributed by atoms with Gasteiger partial charge in [0.1, 0.15) is 6.04 Å². The first kappa shape index (κ1) is 134. The average molecular weight is 2540 g/mol. The third-order valence-corrected chi connectivity index (χ3v) is 23.2. The van der Waals surface area contributed by atoms with Crippen molar-refractivity contribution < 1.29 is 308 Å². The quantitative estimate of drug-likeness (QED) is 0.0278. The first-order valence-electron chi connectivity index (χ1n) is 45.5. The van der Waals surface area contributed by atoms with Gasteiger partial charge in [-0.1, -0.05) is 6.42 Å². The van der Waals surface area contributed by atoms with E-state index in [-0.39, 0.29) is 467 Å². The Morgan fingerprint density at radius 1 is 0.210 bits per heavy atom. The van der Waals surface area contributed by atoms with Gasteiger partial charge in [-0.05, 0) is 58.2 Å². The summed E-state index contributed by atoms with van der Waals surface area (Å²) in [5, 5.41) is 160. The van der Waals surface area contributed by atoms with E-state index in [2.05, 4.69) is 26.2 Å². The van der Waals surface area contributed by atoms with E-state index < -0.39 is 173 Å². The Morgan fingerprint density at radius 3 is 0.507 bits per heavy atom. The Labute approximate surface area is 932 Å². The van der Waals surface area contributed by atoms with Crippen LogP contribution in [0.2, 0.25) is 0 Å². The molecule has 0 aromatic carbocycles. The van der Waals surface area contributed by atoms with Crippen LogP contribution >= 0.6 is 0 Å². The molecule has 52 nitrogen and oxygen atoms in total. The molecule has 4 fully saturated rings. The van der Waals surface area contributed by atoms with Gasteiger partial charge in [0.25, 0.3) is 0 Å². The first-order valence-corrected chi connectivity index (χ1v) is 45.5. The standard InChI is InChI=1S/C82H146N22O30.4Gd/c105-66(49-88-17-25-92(53-70(109)110)33-41-100(61-78(125)126)42-34-93(26-18-88)54-71(111)112)83-8-3-13-87(14-4-9-84-67(106)50-89-19-27-94(55-72(113)114)35-43-101(62-79(127)128)44-36-95(28-20-89)56-73(115)116)12-2-1-7-65(82(133)134)104(15-5-10-85-68(107)51-90-21-29-96(57-74(117)118)37-45-102(63-80(129)130)46-38-97(30-22-90)58-75(119)120)16-6-11-86-69(108)52-91-23-31-98(59-76(121)122)39-47-103(64-81(131)132)48-40-99(32-24-91)60-77(123)124;;;;/h65H,1-64H2,(H,83,105)(H,84,106)(H,85,107)(H,86,108)(H,109,110)(H,111,112)(H,113,114)(H,115,116)(H,117,118)(H,119,120)(H,121,122)(H,123,124)(H,125,126)(H,127,128)(H,129,130)(H,131,132)(H,133,134);;;;/q;4*+3/p-10. The van der Waals surface area contributed by atoms with Crippen LogP contribution in [0.5, 0.6) is 0 Å². The largest absolute Gasteiger partial charge is 3.00 e. The summed E-state index contributed by atoms with van der Waals surface area (Å²) in [5.74, 6) is -19.3. The molecule has 0 aromatic rings. The molecule has 1 atom stereocenters. The van der Waals surface area contributed by atoms with E-state index >= 15 is 0 Å². The summed E-state index contributed by atoms with van der Waals surface area (Å²) < 4.78 is 0. The molecule has 4 aliphatic rings. The summed E-state index contributed by atoms with van der Waals surface area (Å²) in [5.41, 5.74) is 0. The molecule has 0 aliphatic carbocycles. The van der Waals surface area contributed by atoms with Crippen molar-refractivity contribution in [3.63, 3.8) is 0 Å². The number of nitrogens with one attached hydrogen (secondary N) is 4. The van der Waals surface area contributed by atoms with Gasteiger partial charge in [-0.3, -0.25) is 117 Å². The van der Waals surface area contributed by atoms with Crippen LogP contribution in [-0.2, 0) is 81.5 Å². The molecule has 7 N–H and O–H groups in total. The minimum Gasteiger partial charge on any atom is -0.549 e. The molecule has 4 radical (unpaired) electrons. The minimum atomic E-state index is -1.41. The van der Waals surface area contributed by atoms with E-state index in [9.17, 15) is 148 Å². The number of carbonyl (C=O) groups is 17. The van der Waals surface area contributed by atoms with Crippen LogP contribution in [0.3, 0.4) is 0 Å². The summed E-state index contributed by atoms with van der Waals surface area (Å²) >= 11 is 0. The van der Waals surface area contributed by atoms with Gasteiger partial charge in [0.2, 0.25) is 23.6 Å². The van der Waals surface area contributed by atoms with Crippen molar-refractivity contribution in [2.75, 3.05) is 373 Å². The Bertz CT molecular complexity index is 3350. The number of carbonyl (C=O) groups excluding carboxylic acids is 14. The molecule has 138 heavy (non-hydrogen) atoms. The fraction of sp³-hybridized carbons (Fsp3) is 0.793. The number of amides is 4. The maximum atomic E-state index is 13.9. The van der Waals surface area contributed by atoms with E-state index in [0.29, 0.717) is 45.3 Å². The molecule has 4 saturated heterocycles. The second kappa shape index (κ2) is 78.0. The number of hydrogen-bond donors (Lipinski definition) is 7. The van der Waals surface area contributed by atoms with E-state index in [1.165, 1.54) is 44.1 Å². The molecule has 56 heteroatoms. The van der Waals surface area contributed by atoms with Crippen LogP contribution in [0.4, 0.5) is 0 Å². The van der Waals surface area contributed by atoms with Crippen LogP contribution in [0.25, 0.3) is 0 Å². The van der Waals surface area contributed by atoms with Crippen molar-refractivity contribution in [2.45, 2.75) is 51.0 Å². The van der Waals surface area contributed by atoms with E-state index in [1.54, 1.807) is 39.2 Å².